The van der Waals surface area contributed by atoms with Crippen LogP contribution < -0.4 is 10.6 Å². The zero-order valence-corrected chi connectivity index (χ0v) is 11.3. The van der Waals surface area contributed by atoms with E-state index in [1.807, 2.05) is 26.0 Å². The lowest BCUT2D eigenvalue weighted by Gasteiger charge is -2.02. The van der Waals surface area contributed by atoms with Gasteiger partial charge in [0.15, 0.2) is 0 Å². The molecule has 0 saturated carbocycles. The standard InChI is InChI=1S/C14H19N3O2/c1-3-4-9-15-14(19)16-10-13(18)17-12-7-5-11(2)6-8-12/h5-8,10H,3-4,9H2,1-2H3,(H,15,19)(H,17,18). The molecule has 1 rings (SSSR count). The number of rotatable bonds is 5. The van der Waals surface area contributed by atoms with Crippen molar-refractivity contribution in [1.29, 1.82) is 0 Å². The molecule has 1 aromatic carbocycles. The van der Waals surface area contributed by atoms with Crippen molar-refractivity contribution >= 4 is 23.8 Å². The molecule has 0 aliphatic heterocycles. The van der Waals surface area contributed by atoms with Gasteiger partial charge in [-0.05, 0) is 25.5 Å². The first-order valence-corrected chi connectivity index (χ1v) is 6.31. The second-order valence-electron chi connectivity index (χ2n) is 4.20. The number of benzene rings is 1. The highest BCUT2D eigenvalue weighted by Gasteiger charge is 2.00. The number of carbonyl (C=O) groups is 2. The molecule has 0 aliphatic carbocycles. The second-order valence-corrected chi connectivity index (χ2v) is 4.20. The van der Waals surface area contributed by atoms with Gasteiger partial charge in [0.1, 0.15) is 0 Å². The van der Waals surface area contributed by atoms with Crippen LogP contribution in [0.15, 0.2) is 29.3 Å². The molecule has 0 atom stereocenters. The van der Waals surface area contributed by atoms with Gasteiger partial charge in [-0.1, -0.05) is 31.0 Å². The van der Waals surface area contributed by atoms with Gasteiger partial charge in [0.05, 0.1) is 6.21 Å². The number of nitrogens with one attached hydrogen (secondary N) is 2. The van der Waals surface area contributed by atoms with Crippen LogP contribution in [0.5, 0.6) is 0 Å². The third-order valence-corrected chi connectivity index (χ3v) is 2.42. The highest BCUT2D eigenvalue weighted by molar-refractivity contribution is 6.33. The predicted molar refractivity (Wildman–Crippen MR) is 76.6 cm³/mol. The molecule has 3 amide bonds. The maximum Gasteiger partial charge on any atom is 0.341 e. The average Bonchev–Trinajstić information content (AvgIpc) is 2.39. The summed E-state index contributed by atoms with van der Waals surface area (Å²) >= 11 is 0. The van der Waals surface area contributed by atoms with E-state index in [1.54, 1.807) is 12.1 Å². The van der Waals surface area contributed by atoms with Gasteiger partial charge in [0, 0.05) is 12.2 Å². The minimum absolute atomic E-state index is 0.422. The van der Waals surface area contributed by atoms with Crippen molar-refractivity contribution in [2.45, 2.75) is 26.7 Å². The molecular weight excluding hydrogens is 242 g/mol. The summed E-state index contributed by atoms with van der Waals surface area (Å²) in [5.74, 6) is -0.422. The molecule has 0 spiro atoms. The van der Waals surface area contributed by atoms with Crippen LogP contribution >= 0.6 is 0 Å². The lowest BCUT2D eigenvalue weighted by atomic mass is 10.2. The highest BCUT2D eigenvalue weighted by Crippen LogP contribution is 2.07. The number of amides is 3. The Kier molecular flexibility index (Phi) is 6.29. The number of unbranched alkanes of at least 4 members (excludes halogenated alkanes) is 1. The van der Waals surface area contributed by atoms with Crippen molar-refractivity contribution in [3.8, 4) is 0 Å². The van der Waals surface area contributed by atoms with E-state index in [4.69, 9.17) is 0 Å². The van der Waals surface area contributed by atoms with E-state index in [1.165, 1.54) is 0 Å². The van der Waals surface area contributed by atoms with Crippen molar-refractivity contribution in [1.82, 2.24) is 5.32 Å². The maximum atomic E-state index is 11.5. The summed E-state index contributed by atoms with van der Waals surface area (Å²) < 4.78 is 0. The van der Waals surface area contributed by atoms with Gasteiger partial charge < -0.3 is 10.6 Å². The van der Waals surface area contributed by atoms with Crippen molar-refractivity contribution in [3.05, 3.63) is 29.8 Å². The van der Waals surface area contributed by atoms with E-state index < -0.39 is 11.9 Å². The molecule has 0 unspecified atom stereocenters. The highest BCUT2D eigenvalue weighted by atomic mass is 16.2. The molecule has 1 aromatic rings. The summed E-state index contributed by atoms with van der Waals surface area (Å²) in [6.45, 7) is 4.57. The topological polar surface area (TPSA) is 70.6 Å². The fourth-order valence-electron chi connectivity index (χ4n) is 1.35. The zero-order chi connectivity index (χ0) is 14.1. The smallest absolute Gasteiger partial charge is 0.336 e. The first-order chi connectivity index (χ1) is 9.11. The molecule has 19 heavy (non-hydrogen) atoms. The number of hydrogen-bond donors (Lipinski definition) is 2. The fraction of sp³-hybridized carbons (Fsp3) is 0.357. The lowest BCUT2D eigenvalue weighted by Crippen LogP contribution is -2.22. The number of anilines is 1. The van der Waals surface area contributed by atoms with E-state index in [-0.39, 0.29) is 0 Å². The minimum atomic E-state index is -0.493. The Balaban J connectivity index is 2.38. The van der Waals surface area contributed by atoms with Gasteiger partial charge in [0.2, 0.25) is 0 Å². The third-order valence-electron chi connectivity index (χ3n) is 2.42. The summed E-state index contributed by atoms with van der Waals surface area (Å²) in [5, 5.41) is 5.22. The monoisotopic (exact) mass is 261 g/mol. The summed E-state index contributed by atoms with van der Waals surface area (Å²) in [6.07, 6.45) is 2.88. The first kappa shape index (κ1) is 14.9. The second kappa shape index (κ2) is 8.02. The van der Waals surface area contributed by atoms with Gasteiger partial charge in [-0.3, -0.25) is 4.79 Å². The van der Waals surface area contributed by atoms with Gasteiger partial charge in [-0.2, -0.15) is 4.99 Å². The van der Waals surface area contributed by atoms with Crippen LogP contribution in [0.4, 0.5) is 10.5 Å². The molecule has 0 heterocycles. The lowest BCUT2D eigenvalue weighted by molar-refractivity contribution is -0.110. The molecule has 102 valence electrons. The normalized spacial score (nSPS) is 10.4. The number of hydrogen-bond acceptors (Lipinski definition) is 2. The SMILES string of the molecule is CCCCNC(=O)N=CC(=O)Nc1ccc(C)cc1. The van der Waals surface area contributed by atoms with E-state index in [0.29, 0.717) is 12.2 Å². The van der Waals surface area contributed by atoms with Crippen LogP contribution in [0.25, 0.3) is 0 Å². The number of carbonyl (C=O) groups excluding carboxylic acids is 2. The zero-order valence-electron chi connectivity index (χ0n) is 11.3. The number of nitrogens with zero attached hydrogens (tertiary/aromatic N) is 1. The van der Waals surface area contributed by atoms with Crippen LogP contribution in [0.3, 0.4) is 0 Å². The molecular formula is C14H19N3O2. The van der Waals surface area contributed by atoms with Crippen molar-refractivity contribution < 1.29 is 9.59 Å². The van der Waals surface area contributed by atoms with Crippen LogP contribution in [-0.4, -0.2) is 24.7 Å². The van der Waals surface area contributed by atoms with Gasteiger partial charge in [0.25, 0.3) is 5.91 Å². The van der Waals surface area contributed by atoms with Gasteiger partial charge >= 0.3 is 6.03 Å². The molecule has 0 aromatic heterocycles. The molecule has 0 fully saturated rings. The summed E-state index contributed by atoms with van der Waals surface area (Å²) in [4.78, 5) is 26.2. The Bertz CT molecular complexity index is 452. The Labute approximate surface area is 113 Å². The third kappa shape index (κ3) is 6.35. The average molecular weight is 261 g/mol. The summed E-state index contributed by atoms with van der Waals surface area (Å²) in [5.41, 5.74) is 1.79. The summed E-state index contributed by atoms with van der Waals surface area (Å²) in [6, 6.07) is 6.88. The Morgan fingerprint density at radius 1 is 1.26 bits per heavy atom. The molecule has 5 heteroatoms. The molecule has 0 aliphatic rings. The van der Waals surface area contributed by atoms with Gasteiger partial charge in [-0.15, -0.1) is 0 Å². The van der Waals surface area contributed by atoms with Crippen LogP contribution in [0.1, 0.15) is 25.3 Å². The molecule has 0 saturated heterocycles. The largest absolute Gasteiger partial charge is 0.341 e. The minimum Gasteiger partial charge on any atom is -0.336 e. The maximum absolute atomic E-state index is 11.5. The van der Waals surface area contributed by atoms with Crippen LogP contribution in [0, 0.1) is 6.92 Å². The number of aliphatic imine (C=N–C) groups is 1. The predicted octanol–water partition coefficient (Wildman–Crippen LogP) is 2.51. The van der Waals surface area contributed by atoms with Crippen molar-refractivity contribution in [3.63, 3.8) is 0 Å². The van der Waals surface area contributed by atoms with Crippen LogP contribution in [0.2, 0.25) is 0 Å². The van der Waals surface area contributed by atoms with Crippen LogP contribution in [-0.2, 0) is 4.79 Å². The molecule has 5 nitrogen and oxygen atoms in total. The fourth-order valence-corrected chi connectivity index (χ4v) is 1.35. The Morgan fingerprint density at radius 2 is 1.95 bits per heavy atom. The van der Waals surface area contributed by atoms with E-state index in [0.717, 1.165) is 24.6 Å². The number of aryl methyl sites for hydroxylation is 1. The summed E-state index contributed by atoms with van der Waals surface area (Å²) in [7, 11) is 0. The van der Waals surface area contributed by atoms with Crippen molar-refractivity contribution in [2.75, 3.05) is 11.9 Å². The van der Waals surface area contributed by atoms with Gasteiger partial charge in [-0.25, -0.2) is 4.79 Å². The molecule has 0 radical (unpaired) electrons. The van der Waals surface area contributed by atoms with Crippen molar-refractivity contribution in [2.24, 2.45) is 4.99 Å². The number of urea groups is 1. The van der Waals surface area contributed by atoms with E-state index >= 15 is 0 Å². The molecule has 0 bridgehead atoms. The Hall–Kier alpha value is -2.17. The van der Waals surface area contributed by atoms with E-state index in [2.05, 4.69) is 15.6 Å². The first-order valence-electron chi connectivity index (χ1n) is 6.31. The molecule has 2 N–H and O–H groups in total. The quantitative estimate of drug-likeness (QED) is 0.631. The van der Waals surface area contributed by atoms with E-state index in [9.17, 15) is 9.59 Å². The Morgan fingerprint density at radius 3 is 2.58 bits per heavy atom.